The summed E-state index contributed by atoms with van der Waals surface area (Å²) < 4.78 is 47.0. The number of hydrogen-bond acceptors (Lipinski definition) is 6. The molecule has 4 rings (SSSR count). The third kappa shape index (κ3) is 3.52. The van der Waals surface area contributed by atoms with Crippen LogP contribution in [0.25, 0.3) is 16.7 Å². The lowest BCUT2D eigenvalue weighted by Gasteiger charge is -2.08. The molecule has 0 radical (unpaired) electrons. The molecule has 0 saturated heterocycles. The first-order valence-corrected chi connectivity index (χ1v) is 9.18. The second kappa shape index (κ2) is 7.22. The summed E-state index contributed by atoms with van der Waals surface area (Å²) in [5.74, 6) is -1.18. The van der Waals surface area contributed by atoms with E-state index in [2.05, 4.69) is 20.3 Å². The molecule has 0 aliphatic rings. The average Bonchev–Trinajstić information content (AvgIpc) is 3.20. The van der Waals surface area contributed by atoms with Crippen molar-refractivity contribution in [3.8, 4) is 0 Å². The number of aromatic nitrogens is 6. The van der Waals surface area contributed by atoms with Gasteiger partial charge >= 0.3 is 6.18 Å². The van der Waals surface area contributed by atoms with Gasteiger partial charge in [-0.15, -0.1) is 10.2 Å². The summed E-state index contributed by atoms with van der Waals surface area (Å²) >= 11 is 7.17. The number of benzene rings is 1. The number of methoxy groups -OCH3 is 1. The molecule has 0 N–H and O–H groups in total. The fourth-order valence-electron chi connectivity index (χ4n) is 2.65. The Hall–Kier alpha value is -2.37. The normalized spacial score (nSPS) is 12.3. The molecule has 4 aromatic rings. The quantitative estimate of drug-likeness (QED) is 0.479. The standard InChI is InChI=1S/C16H12ClF3N6OS/c1-27-7-6-25-11-3-2-9(17)8-10(11)21-15(25)28-13-5-4-12-22-23-14(16(18,19)20)26(12)24-13/h2-5,8H,6-7H2,1H3. The van der Waals surface area contributed by atoms with Crippen molar-refractivity contribution in [1.82, 2.24) is 29.4 Å². The Morgan fingerprint density at radius 3 is 2.75 bits per heavy atom. The Labute approximate surface area is 165 Å². The summed E-state index contributed by atoms with van der Waals surface area (Å²) in [6.45, 7) is 0.956. The molecule has 146 valence electrons. The van der Waals surface area contributed by atoms with Crippen LogP contribution in [0.2, 0.25) is 5.02 Å². The minimum atomic E-state index is -4.65. The molecule has 1 aromatic carbocycles. The number of halogens is 4. The molecule has 0 spiro atoms. The van der Waals surface area contributed by atoms with Crippen molar-refractivity contribution >= 4 is 40.0 Å². The van der Waals surface area contributed by atoms with Crippen molar-refractivity contribution in [2.45, 2.75) is 22.9 Å². The molecule has 0 bridgehead atoms. The number of imidazole rings is 1. The number of alkyl halides is 3. The number of nitrogens with zero attached hydrogens (tertiary/aromatic N) is 6. The van der Waals surface area contributed by atoms with E-state index in [1.807, 2.05) is 10.6 Å². The lowest BCUT2D eigenvalue weighted by atomic mass is 10.3. The van der Waals surface area contributed by atoms with E-state index in [4.69, 9.17) is 16.3 Å². The predicted molar refractivity (Wildman–Crippen MR) is 96.5 cm³/mol. The van der Waals surface area contributed by atoms with E-state index < -0.39 is 12.0 Å². The van der Waals surface area contributed by atoms with E-state index in [9.17, 15) is 13.2 Å². The van der Waals surface area contributed by atoms with Gasteiger partial charge in [-0.25, -0.2) is 4.98 Å². The Kier molecular flexibility index (Phi) is 4.89. The molecule has 28 heavy (non-hydrogen) atoms. The molecule has 7 nitrogen and oxygen atoms in total. The van der Waals surface area contributed by atoms with E-state index in [0.29, 0.717) is 38.4 Å². The van der Waals surface area contributed by atoms with E-state index in [0.717, 1.165) is 17.3 Å². The predicted octanol–water partition coefficient (Wildman–Crippen LogP) is 3.94. The van der Waals surface area contributed by atoms with Gasteiger partial charge in [0.15, 0.2) is 10.8 Å². The van der Waals surface area contributed by atoms with Gasteiger partial charge in [-0.2, -0.15) is 22.8 Å². The van der Waals surface area contributed by atoms with Gasteiger partial charge in [0, 0.05) is 18.7 Å². The number of fused-ring (bicyclic) bond motifs is 2. The summed E-state index contributed by atoms with van der Waals surface area (Å²) in [6.07, 6.45) is -4.65. The van der Waals surface area contributed by atoms with Gasteiger partial charge < -0.3 is 9.30 Å². The second-order valence-electron chi connectivity index (χ2n) is 5.74. The summed E-state index contributed by atoms with van der Waals surface area (Å²) in [5, 5.41) is 12.1. The van der Waals surface area contributed by atoms with Crippen LogP contribution in [-0.2, 0) is 17.5 Å². The van der Waals surface area contributed by atoms with Gasteiger partial charge in [0.1, 0.15) is 5.03 Å². The maximum Gasteiger partial charge on any atom is 0.453 e. The van der Waals surface area contributed by atoms with Crippen molar-refractivity contribution in [3.63, 3.8) is 0 Å². The molecule has 0 amide bonds. The molecule has 0 atom stereocenters. The van der Waals surface area contributed by atoms with Gasteiger partial charge in [0.2, 0.25) is 0 Å². The highest BCUT2D eigenvalue weighted by atomic mass is 35.5. The SMILES string of the molecule is COCCn1c(Sc2ccc3nnc(C(F)(F)F)n3n2)nc2cc(Cl)ccc21. The monoisotopic (exact) mass is 428 g/mol. The van der Waals surface area contributed by atoms with Crippen LogP contribution in [0.5, 0.6) is 0 Å². The molecular weight excluding hydrogens is 417 g/mol. The Morgan fingerprint density at radius 1 is 1.18 bits per heavy atom. The largest absolute Gasteiger partial charge is 0.453 e. The van der Waals surface area contributed by atoms with Gasteiger partial charge in [0.05, 0.1) is 17.6 Å². The summed E-state index contributed by atoms with van der Waals surface area (Å²) in [5.41, 5.74) is 1.52. The van der Waals surface area contributed by atoms with E-state index in [1.54, 1.807) is 25.3 Å². The third-order valence-electron chi connectivity index (χ3n) is 3.88. The minimum absolute atomic E-state index is 0.0105. The van der Waals surface area contributed by atoms with Crippen molar-refractivity contribution < 1.29 is 17.9 Å². The van der Waals surface area contributed by atoms with E-state index >= 15 is 0 Å². The van der Waals surface area contributed by atoms with Crippen LogP contribution >= 0.6 is 23.4 Å². The fourth-order valence-corrected chi connectivity index (χ4v) is 3.71. The van der Waals surface area contributed by atoms with Crippen LogP contribution in [0.15, 0.2) is 40.5 Å². The Balaban J connectivity index is 1.77. The number of rotatable bonds is 5. The van der Waals surface area contributed by atoms with Gasteiger partial charge in [-0.05, 0) is 42.1 Å². The first-order chi connectivity index (χ1) is 13.4. The maximum absolute atomic E-state index is 13.1. The van der Waals surface area contributed by atoms with Gasteiger partial charge in [-0.1, -0.05) is 11.6 Å². The molecule has 12 heteroatoms. The molecule has 3 aromatic heterocycles. The number of hydrogen-bond donors (Lipinski definition) is 0. The average molecular weight is 429 g/mol. The molecule has 3 heterocycles. The van der Waals surface area contributed by atoms with Gasteiger partial charge in [0.25, 0.3) is 5.82 Å². The number of ether oxygens (including phenoxy) is 1. The zero-order chi connectivity index (χ0) is 19.9. The van der Waals surface area contributed by atoms with E-state index in [1.165, 1.54) is 6.07 Å². The van der Waals surface area contributed by atoms with Crippen LogP contribution in [0.4, 0.5) is 13.2 Å². The molecule has 0 unspecified atom stereocenters. The Morgan fingerprint density at radius 2 is 2.00 bits per heavy atom. The van der Waals surface area contributed by atoms with Crippen molar-refractivity contribution in [1.29, 1.82) is 0 Å². The van der Waals surface area contributed by atoms with E-state index in [-0.39, 0.29) is 5.65 Å². The summed E-state index contributed by atoms with van der Waals surface area (Å²) in [6, 6.07) is 8.31. The maximum atomic E-state index is 13.1. The molecule has 0 fully saturated rings. The van der Waals surface area contributed by atoms with Crippen molar-refractivity contribution in [2.75, 3.05) is 13.7 Å². The van der Waals surface area contributed by atoms with Crippen LogP contribution in [0, 0.1) is 0 Å². The van der Waals surface area contributed by atoms with Crippen LogP contribution in [0.3, 0.4) is 0 Å². The van der Waals surface area contributed by atoms with Crippen molar-refractivity contribution in [2.24, 2.45) is 0 Å². The lowest BCUT2D eigenvalue weighted by Crippen LogP contribution is -2.12. The van der Waals surface area contributed by atoms with Crippen LogP contribution in [-0.4, -0.2) is 43.1 Å². The molecular formula is C16H12ClF3N6OS. The highest BCUT2D eigenvalue weighted by Crippen LogP contribution is 2.32. The smallest absolute Gasteiger partial charge is 0.383 e. The minimum Gasteiger partial charge on any atom is -0.383 e. The summed E-state index contributed by atoms with van der Waals surface area (Å²) in [7, 11) is 1.59. The highest BCUT2D eigenvalue weighted by molar-refractivity contribution is 7.99. The molecule has 0 aliphatic carbocycles. The van der Waals surface area contributed by atoms with Crippen LogP contribution < -0.4 is 0 Å². The second-order valence-corrected chi connectivity index (χ2v) is 7.16. The lowest BCUT2D eigenvalue weighted by molar-refractivity contribution is -0.146. The molecule has 0 saturated carbocycles. The first-order valence-electron chi connectivity index (χ1n) is 7.99. The topological polar surface area (TPSA) is 70.1 Å². The fraction of sp³-hybridized carbons (Fsp3) is 0.250. The first kappa shape index (κ1) is 19.0. The van der Waals surface area contributed by atoms with Gasteiger partial charge in [-0.3, -0.25) is 0 Å². The third-order valence-corrected chi connectivity index (χ3v) is 5.04. The molecule has 0 aliphatic heterocycles. The zero-order valence-electron chi connectivity index (χ0n) is 14.3. The highest BCUT2D eigenvalue weighted by Gasteiger charge is 2.37. The Bertz CT molecular complexity index is 1160. The van der Waals surface area contributed by atoms with Crippen LogP contribution in [0.1, 0.15) is 5.82 Å². The summed E-state index contributed by atoms with van der Waals surface area (Å²) in [4.78, 5) is 4.54. The zero-order valence-corrected chi connectivity index (χ0v) is 15.9. The van der Waals surface area contributed by atoms with Crippen molar-refractivity contribution in [3.05, 3.63) is 41.2 Å².